The molecule has 100 valence electrons. The standard InChI is InChI=1S/C12H16N6S/c13-10-15-11(18-6-5-14-8-18)17-12(16-10)19-7-9-3-1-2-4-9/h5-6,8-9H,1-4,7H2,(H2,13,15,16,17). The lowest BCUT2D eigenvalue weighted by Crippen LogP contribution is -2.07. The van der Waals surface area contributed by atoms with Gasteiger partial charge in [0, 0.05) is 18.1 Å². The summed E-state index contributed by atoms with van der Waals surface area (Å²) in [5.74, 6) is 2.64. The molecule has 1 fully saturated rings. The van der Waals surface area contributed by atoms with Gasteiger partial charge in [0.2, 0.25) is 11.9 Å². The van der Waals surface area contributed by atoms with Crippen LogP contribution in [0.1, 0.15) is 25.7 Å². The molecular formula is C12H16N6S. The second-order valence-corrected chi connectivity index (χ2v) is 5.69. The Labute approximate surface area is 115 Å². The molecule has 3 rings (SSSR count). The number of aromatic nitrogens is 5. The fourth-order valence-corrected chi connectivity index (χ4v) is 3.31. The topological polar surface area (TPSA) is 82.5 Å². The number of anilines is 1. The van der Waals surface area contributed by atoms with Crippen molar-refractivity contribution in [1.82, 2.24) is 24.5 Å². The number of nitrogens with zero attached hydrogens (tertiary/aromatic N) is 5. The second kappa shape index (κ2) is 5.56. The fourth-order valence-electron chi connectivity index (χ4n) is 2.29. The van der Waals surface area contributed by atoms with E-state index in [0.29, 0.717) is 11.1 Å². The molecule has 0 aliphatic heterocycles. The number of nitrogens with two attached hydrogens (primary N) is 1. The third-order valence-corrected chi connectivity index (χ3v) is 4.36. The van der Waals surface area contributed by atoms with E-state index in [1.54, 1.807) is 35.0 Å². The normalized spacial score (nSPS) is 16.0. The van der Waals surface area contributed by atoms with Crippen LogP contribution in [-0.2, 0) is 0 Å². The molecule has 2 N–H and O–H groups in total. The van der Waals surface area contributed by atoms with E-state index in [0.717, 1.165) is 11.7 Å². The molecule has 0 saturated heterocycles. The molecule has 2 aromatic heterocycles. The first-order valence-corrected chi connectivity index (χ1v) is 7.42. The summed E-state index contributed by atoms with van der Waals surface area (Å²) in [6.45, 7) is 0. The molecule has 0 radical (unpaired) electrons. The average molecular weight is 276 g/mol. The highest BCUT2D eigenvalue weighted by Crippen LogP contribution is 2.29. The molecule has 0 amide bonds. The van der Waals surface area contributed by atoms with E-state index in [9.17, 15) is 0 Å². The van der Waals surface area contributed by atoms with Crippen LogP contribution in [0.25, 0.3) is 5.95 Å². The SMILES string of the molecule is Nc1nc(SCC2CCCC2)nc(-n2ccnc2)n1. The molecular weight excluding hydrogens is 260 g/mol. The van der Waals surface area contributed by atoms with Crippen LogP contribution < -0.4 is 5.73 Å². The number of nitrogen functional groups attached to an aromatic ring is 1. The van der Waals surface area contributed by atoms with Crippen LogP contribution in [0.5, 0.6) is 0 Å². The molecule has 0 unspecified atom stereocenters. The number of hydrogen-bond donors (Lipinski definition) is 1. The highest BCUT2D eigenvalue weighted by molar-refractivity contribution is 7.99. The zero-order chi connectivity index (χ0) is 13.1. The van der Waals surface area contributed by atoms with Gasteiger partial charge >= 0.3 is 0 Å². The lowest BCUT2D eigenvalue weighted by Gasteiger charge is -2.08. The van der Waals surface area contributed by atoms with Gasteiger partial charge in [-0.2, -0.15) is 15.0 Å². The lowest BCUT2D eigenvalue weighted by atomic mass is 10.1. The van der Waals surface area contributed by atoms with Crippen molar-refractivity contribution in [3.63, 3.8) is 0 Å². The summed E-state index contributed by atoms with van der Waals surface area (Å²) in [6, 6.07) is 0. The number of hydrogen-bond acceptors (Lipinski definition) is 6. The first-order chi connectivity index (χ1) is 9.31. The molecule has 2 heterocycles. The molecule has 1 aliphatic rings. The first kappa shape index (κ1) is 12.4. The summed E-state index contributed by atoms with van der Waals surface area (Å²) in [4.78, 5) is 16.7. The van der Waals surface area contributed by atoms with E-state index in [4.69, 9.17) is 5.73 Å². The quantitative estimate of drug-likeness (QED) is 0.859. The van der Waals surface area contributed by atoms with Gasteiger partial charge in [-0.25, -0.2) is 4.98 Å². The van der Waals surface area contributed by atoms with Gasteiger partial charge in [0.05, 0.1) is 0 Å². The van der Waals surface area contributed by atoms with Crippen LogP contribution >= 0.6 is 11.8 Å². The van der Waals surface area contributed by atoms with Crippen LogP contribution in [0, 0.1) is 5.92 Å². The van der Waals surface area contributed by atoms with E-state index in [1.165, 1.54) is 25.7 Å². The van der Waals surface area contributed by atoms with Crippen LogP contribution in [0.3, 0.4) is 0 Å². The largest absolute Gasteiger partial charge is 0.368 e. The summed E-state index contributed by atoms with van der Waals surface area (Å²) < 4.78 is 1.73. The van der Waals surface area contributed by atoms with Crippen molar-refractivity contribution in [3.05, 3.63) is 18.7 Å². The third-order valence-electron chi connectivity index (χ3n) is 3.28. The van der Waals surface area contributed by atoms with Crippen molar-refractivity contribution in [2.24, 2.45) is 5.92 Å². The van der Waals surface area contributed by atoms with Crippen LogP contribution in [0.15, 0.2) is 23.9 Å². The van der Waals surface area contributed by atoms with Crippen molar-refractivity contribution < 1.29 is 0 Å². The van der Waals surface area contributed by atoms with Gasteiger partial charge in [0.15, 0.2) is 5.16 Å². The smallest absolute Gasteiger partial charge is 0.240 e. The van der Waals surface area contributed by atoms with Crippen molar-refractivity contribution >= 4 is 17.7 Å². The highest BCUT2D eigenvalue weighted by Gasteiger charge is 2.16. The third kappa shape index (κ3) is 3.04. The van der Waals surface area contributed by atoms with Gasteiger partial charge in [-0.05, 0) is 18.8 Å². The summed E-state index contributed by atoms with van der Waals surface area (Å²) >= 11 is 1.67. The Morgan fingerprint density at radius 2 is 2.11 bits per heavy atom. The van der Waals surface area contributed by atoms with Crippen molar-refractivity contribution in [3.8, 4) is 5.95 Å². The van der Waals surface area contributed by atoms with Gasteiger partial charge in [-0.3, -0.25) is 4.57 Å². The van der Waals surface area contributed by atoms with Gasteiger partial charge < -0.3 is 5.73 Å². The van der Waals surface area contributed by atoms with Gasteiger partial charge in [-0.1, -0.05) is 24.6 Å². The molecule has 1 aliphatic carbocycles. The van der Waals surface area contributed by atoms with E-state index in [2.05, 4.69) is 19.9 Å². The summed E-state index contributed by atoms with van der Waals surface area (Å²) in [6.07, 6.45) is 10.5. The first-order valence-electron chi connectivity index (χ1n) is 6.44. The zero-order valence-electron chi connectivity index (χ0n) is 10.6. The monoisotopic (exact) mass is 276 g/mol. The fraction of sp³-hybridized carbons (Fsp3) is 0.500. The maximum Gasteiger partial charge on any atom is 0.240 e. The van der Waals surface area contributed by atoms with Gasteiger partial charge in [0.25, 0.3) is 0 Å². The number of imidazole rings is 1. The maximum atomic E-state index is 5.74. The van der Waals surface area contributed by atoms with Crippen molar-refractivity contribution in [2.45, 2.75) is 30.8 Å². The lowest BCUT2D eigenvalue weighted by molar-refractivity contribution is 0.622. The second-order valence-electron chi connectivity index (χ2n) is 4.71. The molecule has 0 spiro atoms. The minimum Gasteiger partial charge on any atom is -0.368 e. The minimum absolute atomic E-state index is 0.257. The minimum atomic E-state index is 0.257. The van der Waals surface area contributed by atoms with Crippen LogP contribution in [0.4, 0.5) is 5.95 Å². The highest BCUT2D eigenvalue weighted by atomic mass is 32.2. The molecule has 7 heteroatoms. The van der Waals surface area contributed by atoms with E-state index in [1.807, 2.05) is 0 Å². The van der Waals surface area contributed by atoms with Gasteiger partial charge in [-0.15, -0.1) is 0 Å². The van der Waals surface area contributed by atoms with E-state index < -0.39 is 0 Å². The maximum absolute atomic E-state index is 5.74. The Bertz CT molecular complexity index is 535. The van der Waals surface area contributed by atoms with Crippen LogP contribution in [-0.4, -0.2) is 30.3 Å². The molecule has 2 aromatic rings. The predicted molar refractivity (Wildman–Crippen MR) is 74.0 cm³/mol. The summed E-state index contributed by atoms with van der Waals surface area (Å²) in [5, 5.41) is 0.697. The van der Waals surface area contributed by atoms with E-state index >= 15 is 0 Å². The molecule has 19 heavy (non-hydrogen) atoms. The van der Waals surface area contributed by atoms with Gasteiger partial charge in [0.1, 0.15) is 6.33 Å². The zero-order valence-corrected chi connectivity index (χ0v) is 11.4. The summed E-state index contributed by atoms with van der Waals surface area (Å²) in [5.41, 5.74) is 5.74. The number of rotatable bonds is 4. The predicted octanol–water partition coefficient (Wildman–Crippen LogP) is 1.92. The molecule has 0 aromatic carbocycles. The Balaban J connectivity index is 1.74. The Hall–Kier alpha value is -1.63. The summed E-state index contributed by atoms with van der Waals surface area (Å²) in [7, 11) is 0. The average Bonchev–Trinajstić information content (AvgIpc) is 3.09. The Morgan fingerprint density at radius 3 is 2.84 bits per heavy atom. The molecule has 1 saturated carbocycles. The molecule has 0 atom stereocenters. The molecule has 0 bridgehead atoms. The van der Waals surface area contributed by atoms with Crippen molar-refractivity contribution in [1.29, 1.82) is 0 Å². The van der Waals surface area contributed by atoms with Crippen molar-refractivity contribution in [2.75, 3.05) is 11.5 Å². The Morgan fingerprint density at radius 1 is 1.26 bits per heavy atom. The Kier molecular flexibility index (Phi) is 3.63. The molecule has 6 nitrogen and oxygen atoms in total. The number of thioether (sulfide) groups is 1. The van der Waals surface area contributed by atoms with Crippen LogP contribution in [0.2, 0.25) is 0 Å². The van der Waals surface area contributed by atoms with E-state index in [-0.39, 0.29) is 5.95 Å².